The molecule has 0 bridgehead atoms. The molecule has 6 heteroatoms. The van der Waals surface area contributed by atoms with Gasteiger partial charge in [0.05, 0.1) is 0 Å². The van der Waals surface area contributed by atoms with Gasteiger partial charge in [0.15, 0.2) is 0 Å². The van der Waals surface area contributed by atoms with Gasteiger partial charge in [0, 0.05) is 55.6 Å². The summed E-state index contributed by atoms with van der Waals surface area (Å²) in [4.78, 5) is 33.4. The van der Waals surface area contributed by atoms with E-state index in [0.29, 0.717) is 19.5 Å². The van der Waals surface area contributed by atoms with Crippen LogP contribution in [0.15, 0.2) is 18.3 Å². The number of rotatable bonds is 3. The van der Waals surface area contributed by atoms with Gasteiger partial charge in [-0.05, 0) is 38.4 Å². The van der Waals surface area contributed by atoms with Gasteiger partial charge in [0.2, 0.25) is 5.91 Å². The summed E-state index contributed by atoms with van der Waals surface area (Å²) in [6, 6.07) is 3.74. The Morgan fingerprint density at radius 2 is 2.20 bits per heavy atom. The van der Waals surface area contributed by atoms with Crippen LogP contribution in [0.2, 0.25) is 0 Å². The second-order valence-corrected chi connectivity index (χ2v) is 7.26. The maximum atomic E-state index is 13.0. The standard InChI is InChI=1S/C19H28N4O2/c1-3-4-16-13-15(6-9-20-16)18(25)23-12-11-22(2)19(14-23)7-5-17(24)21-10-8-19/h6,9,13H,3-5,7-8,10-12,14H2,1-2H3,(H,21,24)/t19-/m0/s1. The lowest BCUT2D eigenvalue weighted by molar-refractivity contribution is -0.121. The summed E-state index contributed by atoms with van der Waals surface area (Å²) in [6.45, 7) is 5.04. The summed E-state index contributed by atoms with van der Waals surface area (Å²) in [5.41, 5.74) is 1.59. The van der Waals surface area contributed by atoms with E-state index in [1.807, 2.05) is 17.0 Å². The maximum absolute atomic E-state index is 13.0. The third-order valence-corrected chi connectivity index (χ3v) is 5.59. The highest BCUT2D eigenvalue weighted by Crippen LogP contribution is 2.31. The highest BCUT2D eigenvalue weighted by Gasteiger charge is 2.42. The topological polar surface area (TPSA) is 65.5 Å². The molecule has 1 atom stereocenters. The van der Waals surface area contributed by atoms with Gasteiger partial charge in [-0.3, -0.25) is 19.5 Å². The van der Waals surface area contributed by atoms with Gasteiger partial charge in [-0.2, -0.15) is 0 Å². The number of aryl methyl sites for hydroxylation is 1. The molecule has 0 unspecified atom stereocenters. The number of carbonyl (C=O) groups excluding carboxylic acids is 2. The van der Waals surface area contributed by atoms with Crippen LogP contribution in [-0.2, 0) is 11.2 Å². The molecule has 2 fully saturated rings. The Hall–Kier alpha value is -1.95. The Morgan fingerprint density at radius 3 is 3.00 bits per heavy atom. The molecule has 25 heavy (non-hydrogen) atoms. The van der Waals surface area contributed by atoms with Crippen molar-refractivity contribution in [2.24, 2.45) is 0 Å². The van der Waals surface area contributed by atoms with Crippen LogP contribution in [0.3, 0.4) is 0 Å². The zero-order valence-corrected chi connectivity index (χ0v) is 15.3. The number of carbonyl (C=O) groups is 2. The van der Waals surface area contributed by atoms with E-state index in [4.69, 9.17) is 0 Å². The Balaban J connectivity index is 1.77. The van der Waals surface area contributed by atoms with Crippen LogP contribution in [-0.4, -0.2) is 65.4 Å². The summed E-state index contributed by atoms with van der Waals surface area (Å²) < 4.78 is 0. The van der Waals surface area contributed by atoms with Crippen LogP contribution in [0, 0.1) is 0 Å². The molecule has 3 rings (SSSR count). The quantitative estimate of drug-likeness (QED) is 0.902. The fourth-order valence-electron chi connectivity index (χ4n) is 3.96. The van der Waals surface area contributed by atoms with Gasteiger partial charge >= 0.3 is 0 Å². The van der Waals surface area contributed by atoms with Crippen molar-refractivity contribution in [1.29, 1.82) is 0 Å². The first-order chi connectivity index (χ1) is 12.0. The highest BCUT2D eigenvalue weighted by atomic mass is 16.2. The molecule has 0 saturated carbocycles. The summed E-state index contributed by atoms with van der Waals surface area (Å²) in [6.07, 6.45) is 5.86. The van der Waals surface area contributed by atoms with E-state index >= 15 is 0 Å². The van der Waals surface area contributed by atoms with Gasteiger partial charge in [-0.1, -0.05) is 13.3 Å². The lowest BCUT2D eigenvalue weighted by Gasteiger charge is -2.49. The maximum Gasteiger partial charge on any atom is 0.254 e. The van der Waals surface area contributed by atoms with E-state index in [-0.39, 0.29) is 17.4 Å². The Kier molecular flexibility index (Phi) is 5.37. The average molecular weight is 344 g/mol. The zero-order chi connectivity index (χ0) is 17.9. The molecule has 0 radical (unpaired) electrons. The Bertz CT molecular complexity index is 648. The number of hydrogen-bond acceptors (Lipinski definition) is 4. The van der Waals surface area contributed by atoms with E-state index < -0.39 is 0 Å². The average Bonchev–Trinajstić information content (AvgIpc) is 2.80. The number of piperazine rings is 1. The molecule has 1 aromatic heterocycles. The SMILES string of the molecule is CCCc1cc(C(=O)N2CCN(C)[C@@]3(CCNC(=O)CC3)C2)ccn1. The fraction of sp³-hybridized carbons (Fsp3) is 0.632. The van der Waals surface area contributed by atoms with Crippen LogP contribution >= 0.6 is 0 Å². The molecule has 0 aromatic carbocycles. The number of amides is 2. The van der Waals surface area contributed by atoms with Gasteiger partial charge in [-0.25, -0.2) is 0 Å². The van der Waals surface area contributed by atoms with E-state index in [1.54, 1.807) is 6.20 Å². The predicted octanol–water partition coefficient (Wildman–Crippen LogP) is 1.46. The number of pyridine rings is 1. The summed E-state index contributed by atoms with van der Waals surface area (Å²) in [5.74, 6) is 0.197. The van der Waals surface area contributed by atoms with Crippen LogP contribution < -0.4 is 5.32 Å². The minimum absolute atomic E-state index is 0.0794. The molecule has 2 aliphatic heterocycles. The minimum atomic E-state index is -0.105. The van der Waals surface area contributed by atoms with Crippen molar-refractivity contribution in [3.63, 3.8) is 0 Å². The first-order valence-corrected chi connectivity index (χ1v) is 9.26. The van der Waals surface area contributed by atoms with Gasteiger partial charge in [-0.15, -0.1) is 0 Å². The number of likely N-dealkylation sites (N-methyl/N-ethyl adjacent to an activating group) is 1. The molecule has 2 amide bonds. The Labute approximate surface area is 149 Å². The molecule has 136 valence electrons. The Morgan fingerprint density at radius 1 is 1.36 bits per heavy atom. The van der Waals surface area contributed by atoms with Gasteiger partial charge < -0.3 is 10.2 Å². The lowest BCUT2D eigenvalue weighted by Crippen LogP contribution is -2.62. The van der Waals surface area contributed by atoms with Crippen molar-refractivity contribution in [3.05, 3.63) is 29.6 Å². The van der Waals surface area contributed by atoms with Crippen LogP contribution in [0.5, 0.6) is 0 Å². The van der Waals surface area contributed by atoms with Crippen molar-refractivity contribution >= 4 is 11.8 Å². The molecule has 3 heterocycles. The van der Waals surface area contributed by atoms with E-state index in [0.717, 1.165) is 50.0 Å². The molecular weight excluding hydrogens is 316 g/mol. The van der Waals surface area contributed by atoms with Gasteiger partial charge in [0.25, 0.3) is 5.91 Å². The first kappa shape index (κ1) is 17.9. The first-order valence-electron chi connectivity index (χ1n) is 9.26. The molecule has 1 spiro atoms. The number of aromatic nitrogens is 1. The molecule has 2 saturated heterocycles. The molecule has 1 N–H and O–H groups in total. The predicted molar refractivity (Wildman–Crippen MR) is 96.4 cm³/mol. The molecule has 0 aliphatic carbocycles. The highest BCUT2D eigenvalue weighted by molar-refractivity contribution is 5.94. The second-order valence-electron chi connectivity index (χ2n) is 7.26. The van der Waals surface area contributed by atoms with Crippen molar-refractivity contribution in [2.75, 3.05) is 33.2 Å². The fourth-order valence-corrected chi connectivity index (χ4v) is 3.96. The molecule has 2 aliphatic rings. The number of nitrogens with one attached hydrogen (secondary N) is 1. The van der Waals surface area contributed by atoms with Crippen molar-refractivity contribution in [1.82, 2.24) is 20.1 Å². The van der Waals surface area contributed by atoms with Crippen molar-refractivity contribution in [2.45, 2.75) is 44.6 Å². The summed E-state index contributed by atoms with van der Waals surface area (Å²) in [7, 11) is 2.11. The van der Waals surface area contributed by atoms with Crippen LogP contribution in [0.1, 0.15) is 48.7 Å². The van der Waals surface area contributed by atoms with Crippen molar-refractivity contribution in [3.8, 4) is 0 Å². The van der Waals surface area contributed by atoms with E-state index in [9.17, 15) is 9.59 Å². The minimum Gasteiger partial charge on any atom is -0.356 e. The molecule has 1 aromatic rings. The summed E-state index contributed by atoms with van der Waals surface area (Å²) >= 11 is 0. The van der Waals surface area contributed by atoms with Crippen LogP contribution in [0.25, 0.3) is 0 Å². The summed E-state index contributed by atoms with van der Waals surface area (Å²) in [5, 5.41) is 2.96. The van der Waals surface area contributed by atoms with E-state index in [1.165, 1.54) is 0 Å². The smallest absolute Gasteiger partial charge is 0.254 e. The van der Waals surface area contributed by atoms with Gasteiger partial charge in [0.1, 0.15) is 0 Å². The van der Waals surface area contributed by atoms with Crippen molar-refractivity contribution < 1.29 is 9.59 Å². The normalized spacial score (nSPS) is 24.9. The third kappa shape index (κ3) is 3.84. The van der Waals surface area contributed by atoms with E-state index in [2.05, 4.69) is 29.2 Å². The lowest BCUT2D eigenvalue weighted by atomic mass is 9.86. The largest absolute Gasteiger partial charge is 0.356 e. The molecule has 6 nitrogen and oxygen atoms in total. The molecular formula is C19H28N4O2. The van der Waals surface area contributed by atoms with Crippen LogP contribution in [0.4, 0.5) is 0 Å². The number of nitrogens with zero attached hydrogens (tertiary/aromatic N) is 3. The second kappa shape index (κ2) is 7.52. The number of hydrogen-bond donors (Lipinski definition) is 1. The monoisotopic (exact) mass is 344 g/mol. The third-order valence-electron chi connectivity index (χ3n) is 5.59. The zero-order valence-electron chi connectivity index (χ0n) is 15.3.